The first-order valence-corrected chi connectivity index (χ1v) is 8.40. The van der Waals surface area contributed by atoms with Crippen molar-refractivity contribution in [2.24, 2.45) is 5.73 Å². The minimum atomic E-state index is 0.260. The topological polar surface area (TPSA) is 29.3 Å². The zero-order valence-electron chi connectivity index (χ0n) is 10.6. The first-order chi connectivity index (χ1) is 9.10. The molecule has 0 saturated carbocycles. The molecule has 1 heterocycles. The quantitative estimate of drug-likeness (QED) is 0.801. The standard InChI is InChI=1S/C14H16Br2N2S/c1-18(9-10-3-2-4-11(15)7-10)12(8-17)13-5-6-14(16)19-13/h2-7,12H,8-9,17H2,1H3. The molecular formula is C14H16Br2N2S. The molecule has 0 saturated heterocycles. The highest BCUT2D eigenvalue weighted by molar-refractivity contribution is 9.11. The molecule has 0 radical (unpaired) electrons. The summed E-state index contributed by atoms with van der Waals surface area (Å²) >= 11 is 8.76. The van der Waals surface area contributed by atoms with Crippen LogP contribution in [0.15, 0.2) is 44.7 Å². The summed E-state index contributed by atoms with van der Waals surface area (Å²) in [6.45, 7) is 1.51. The summed E-state index contributed by atoms with van der Waals surface area (Å²) in [6, 6.07) is 12.9. The highest BCUT2D eigenvalue weighted by Gasteiger charge is 2.17. The first-order valence-electron chi connectivity index (χ1n) is 6.00. The van der Waals surface area contributed by atoms with Crippen LogP contribution in [0.3, 0.4) is 0 Å². The van der Waals surface area contributed by atoms with Gasteiger partial charge in [-0.15, -0.1) is 11.3 Å². The summed E-state index contributed by atoms with van der Waals surface area (Å²) in [5.41, 5.74) is 7.22. The Bertz CT molecular complexity index is 542. The summed E-state index contributed by atoms with van der Waals surface area (Å²) in [6.07, 6.45) is 0. The van der Waals surface area contributed by atoms with Gasteiger partial charge in [-0.1, -0.05) is 28.1 Å². The van der Waals surface area contributed by atoms with Gasteiger partial charge in [0.1, 0.15) is 0 Å². The molecule has 2 nitrogen and oxygen atoms in total. The fraction of sp³-hybridized carbons (Fsp3) is 0.286. The van der Waals surface area contributed by atoms with Crippen molar-refractivity contribution in [2.75, 3.05) is 13.6 Å². The number of thiophene rings is 1. The van der Waals surface area contributed by atoms with Gasteiger partial charge in [0.2, 0.25) is 0 Å². The van der Waals surface area contributed by atoms with Gasteiger partial charge in [-0.2, -0.15) is 0 Å². The summed E-state index contributed by atoms with van der Waals surface area (Å²) in [5, 5.41) is 0. The van der Waals surface area contributed by atoms with E-state index in [1.165, 1.54) is 10.4 Å². The van der Waals surface area contributed by atoms with Crippen molar-refractivity contribution in [3.05, 3.63) is 55.1 Å². The van der Waals surface area contributed by atoms with Gasteiger partial charge in [-0.05, 0) is 52.8 Å². The van der Waals surface area contributed by atoms with Crippen LogP contribution in [0.1, 0.15) is 16.5 Å². The molecule has 0 aliphatic heterocycles. The largest absolute Gasteiger partial charge is 0.329 e. The Morgan fingerprint density at radius 3 is 2.63 bits per heavy atom. The molecule has 0 aliphatic rings. The fourth-order valence-electron chi connectivity index (χ4n) is 2.05. The van der Waals surface area contributed by atoms with Crippen LogP contribution in [0.4, 0.5) is 0 Å². The average molecular weight is 404 g/mol. The van der Waals surface area contributed by atoms with Crippen LogP contribution in [-0.4, -0.2) is 18.5 Å². The van der Waals surface area contributed by atoms with Crippen LogP contribution < -0.4 is 5.73 Å². The third kappa shape index (κ3) is 4.13. The fourth-order valence-corrected chi connectivity index (χ4v) is 4.10. The highest BCUT2D eigenvalue weighted by atomic mass is 79.9. The number of nitrogens with zero attached hydrogens (tertiary/aromatic N) is 1. The van der Waals surface area contributed by atoms with Crippen molar-refractivity contribution in [2.45, 2.75) is 12.6 Å². The van der Waals surface area contributed by atoms with E-state index in [4.69, 9.17) is 5.73 Å². The Morgan fingerprint density at radius 1 is 1.26 bits per heavy atom. The van der Waals surface area contributed by atoms with Gasteiger partial charge in [0.05, 0.1) is 9.83 Å². The molecule has 2 N–H and O–H groups in total. The first kappa shape index (κ1) is 15.2. The Hall–Kier alpha value is -0.200. The van der Waals surface area contributed by atoms with Crippen LogP contribution in [-0.2, 0) is 6.54 Å². The Balaban J connectivity index is 2.11. The minimum absolute atomic E-state index is 0.260. The molecule has 0 amide bonds. The van der Waals surface area contributed by atoms with E-state index in [9.17, 15) is 0 Å². The number of hydrogen-bond acceptors (Lipinski definition) is 3. The maximum Gasteiger partial charge on any atom is 0.0702 e. The number of likely N-dealkylation sites (N-methyl/N-ethyl adjacent to an activating group) is 1. The maximum absolute atomic E-state index is 5.94. The molecule has 2 rings (SSSR count). The smallest absolute Gasteiger partial charge is 0.0702 e. The van der Waals surface area contributed by atoms with E-state index in [0.29, 0.717) is 6.54 Å². The van der Waals surface area contributed by atoms with E-state index in [0.717, 1.165) is 14.8 Å². The molecule has 1 aromatic carbocycles. The lowest BCUT2D eigenvalue weighted by molar-refractivity contribution is 0.245. The van der Waals surface area contributed by atoms with E-state index in [2.05, 4.69) is 74.1 Å². The summed E-state index contributed by atoms with van der Waals surface area (Å²) in [5.74, 6) is 0. The molecule has 2 aromatic rings. The van der Waals surface area contributed by atoms with Gasteiger partial charge in [-0.3, -0.25) is 4.90 Å². The second-order valence-corrected chi connectivity index (χ2v) is 7.85. The summed E-state index contributed by atoms with van der Waals surface area (Å²) in [4.78, 5) is 3.59. The molecule has 1 unspecified atom stereocenters. The number of benzene rings is 1. The average Bonchev–Trinajstić information content (AvgIpc) is 2.76. The van der Waals surface area contributed by atoms with Crippen LogP contribution in [0.25, 0.3) is 0 Å². The molecule has 19 heavy (non-hydrogen) atoms. The predicted molar refractivity (Wildman–Crippen MR) is 89.4 cm³/mol. The normalized spacial score (nSPS) is 12.9. The van der Waals surface area contributed by atoms with Gasteiger partial charge in [0, 0.05) is 22.4 Å². The molecule has 0 bridgehead atoms. The summed E-state index contributed by atoms with van der Waals surface area (Å²) in [7, 11) is 2.12. The van der Waals surface area contributed by atoms with Crippen molar-refractivity contribution in [1.82, 2.24) is 4.90 Å². The third-order valence-corrected chi connectivity index (χ3v) is 5.22. The van der Waals surface area contributed by atoms with E-state index in [1.807, 2.05) is 6.07 Å². The molecule has 5 heteroatoms. The van der Waals surface area contributed by atoms with Crippen LogP contribution in [0.5, 0.6) is 0 Å². The number of rotatable bonds is 5. The van der Waals surface area contributed by atoms with Gasteiger partial charge in [-0.25, -0.2) is 0 Å². The second-order valence-electron chi connectivity index (χ2n) is 4.44. The molecule has 102 valence electrons. The lowest BCUT2D eigenvalue weighted by atomic mass is 10.1. The van der Waals surface area contributed by atoms with Crippen LogP contribution in [0, 0.1) is 0 Å². The second kappa shape index (κ2) is 6.99. The van der Waals surface area contributed by atoms with Crippen LogP contribution >= 0.6 is 43.2 Å². The summed E-state index contributed by atoms with van der Waals surface area (Å²) < 4.78 is 2.26. The lowest BCUT2D eigenvalue weighted by Crippen LogP contribution is -2.29. The molecular weight excluding hydrogens is 388 g/mol. The van der Waals surface area contributed by atoms with Crippen LogP contribution in [0.2, 0.25) is 0 Å². The zero-order chi connectivity index (χ0) is 13.8. The number of halogens is 2. The monoisotopic (exact) mass is 402 g/mol. The Morgan fingerprint density at radius 2 is 2.05 bits per heavy atom. The lowest BCUT2D eigenvalue weighted by Gasteiger charge is -2.26. The maximum atomic E-state index is 5.94. The Labute approximate surface area is 134 Å². The number of hydrogen-bond donors (Lipinski definition) is 1. The third-order valence-electron chi connectivity index (χ3n) is 3.00. The van der Waals surface area contributed by atoms with Crippen molar-refractivity contribution in [1.29, 1.82) is 0 Å². The predicted octanol–water partition coefficient (Wildman–Crippen LogP) is 4.40. The van der Waals surface area contributed by atoms with Gasteiger partial charge in [0.15, 0.2) is 0 Å². The minimum Gasteiger partial charge on any atom is -0.329 e. The van der Waals surface area contributed by atoms with Crippen molar-refractivity contribution in [3.8, 4) is 0 Å². The van der Waals surface area contributed by atoms with Gasteiger partial charge in [0.25, 0.3) is 0 Å². The Kier molecular flexibility index (Phi) is 5.59. The van der Waals surface area contributed by atoms with Crippen molar-refractivity contribution >= 4 is 43.2 Å². The van der Waals surface area contributed by atoms with E-state index in [1.54, 1.807) is 11.3 Å². The molecule has 0 fully saturated rings. The molecule has 1 aromatic heterocycles. The molecule has 1 atom stereocenters. The molecule has 0 aliphatic carbocycles. The SMILES string of the molecule is CN(Cc1cccc(Br)c1)C(CN)c1ccc(Br)s1. The van der Waals surface area contributed by atoms with E-state index >= 15 is 0 Å². The zero-order valence-corrected chi connectivity index (χ0v) is 14.6. The highest BCUT2D eigenvalue weighted by Crippen LogP contribution is 2.30. The van der Waals surface area contributed by atoms with E-state index in [-0.39, 0.29) is 6.04 Å². The molecule has 0 spiro atoms. The van der Waals surface area contributed by atoms with Crippen molar-refractivity contribution < 1.29 is 0 Å². The van der Waals surface area contributed by atoms with Gasteiger partial charge >= 0.3 is 0 Å². The van der Waals surface area contributed by atoms with E-state index < -0.39 is 0 Å². The van der Waals surface area contributed by atoms with Crippen molar-refractivity contribution in [3.63, 3.8) is 0 Å². The number of nitrogens with two attached hydrogens (primary N) is 1. The van der Waals surface area contributed by atoms with Gasteiger partial charge < -0.3 is 5.73 Å².